The van der Waals surface area contributed by atoms with E-state index in [0.29, 0.717) is 5.52 Å². The number of thiazole rings is 1. The summed E-state index contributed by atoms with van der Waals surface area (Å²) < 4.78 is 29.1. The van der Waals surface area contributed by atoms with Crippen LogP contribution < -0.4 is 4.72 Å². The Labute approximate surface area is 159 Å². The molecule has 1 N–H and O–H groups in total. The minimum atomic E-state index is -3.93. The number of nitrogens with one attached hydrogen (secondary N) is 1. The fourth-order valence-corrected chi connectivity index (χ4v) is 5.48. The lowest BCUT2D eigenvalue weighted by Crippen LogP contribution is -2.13. The Bertz CT molecular complexity index is 1020. The molecule has 1 heterocycles. The van der Waals surface area contributed by atoms with Gasteiger partial charge >= 0.3 is 0 Å². The van der Waals surface area contributed by atoms with Crippen LogP contribution >= 0.6 is 62.1 Å². The monoisotopic (exact) mass is 470 g/mol. The normalized spacial score (nSPS) is 11.8. The van der Waals surface area contributed by atoms with E-state index in [1.165, 1.54) is 23.5 Å². The van der Waals surface area contributed by atoms with E-state index in [-0.39, 0.29) is 25.1 Å². The maximum atomic E-state index is 12.5. The Morgan fingerprint density at radius 1 is 1.04 bits per heavy atom. The molecule has 4 nitrogen and oxygen atoms in total. The number of nitrogens with zero attached hydrogens (tertiary/aromatic N) is 1. The van der Waals surface area contributed by atoms with Crippen molar-refractivity contribution in [3.8, 4) is 0 Å². The SMILES string of the molecule is O=S(=O)(Nc1nc2ccc(Br)cc2s1)c1cc(Cl)c(Cl)cc1Cl. The summed E-state index contributed by atoms with van der Waals surface area (Å²) in [5.74, 6) is 0. The number of hydrogen-bond donors (Lipinski definition) is 1. The molecule has 0 saturated heterocycles. The van der Waals surface area contributed by atoms with Gasteiger partial charge in [-0.25, -0.2) is 13.4 Å². The van der Waals surface area contributed by atoms with Gasteiger partial charge in [-0.1, -0.05) is 62.1 Å². The summed E-state index contributed by atoms with van der Waals surface area (Å²) in [6, 6.07) is 7.97. The van der Waals surface area contributed by atoms with Crippen molar-refractivity contribution in [2.45, 2.75) is 4.90 Å². The summed E-state index contributed by atoms with van der Waals surface area (Å²) in [5, 5.41) is 0.501. The third-order valence-electron chi connectivity index (χ3n) is 2.84. The number of sulfonamides is 1. The maximum Gasteiger partial charge on any atom is 0.265 e. The summed E-state index contributed by atoms with van der Waals surface area (Å²) in [4.78, 5) is 4.08. The molecule has 0 radical (unpaired) electrons. The predicted octanol–water partition coefficient (Wildman–Crippen LogP) is 5.82. The van der Waals surface area contributed by atoms with Crippen LogP contribution in [-0.2, 0) is 10.0 Å². The molecule has 1 aromatic heterocycles. The number of fused-ring (bicyclic) bond motifs is 1. The fraction of sp³-hybridized carbons (Fsp3) is 0. The molecule has 3 aromatic rings. The number of halogens is 4. The first-order valence-corrected chi connectivity index (χ1v) is 10.2. The van der Waals surface area contributed by atoms with E-state index in [1.807, 2.05) is 12.1 Å². The van der Waals surface area contributed by atoms with Crippen LogP contribution in [0.4, 0.5) is 5.13 Å². The molecule has 0 aliphatic carbocycles. The largest absolute Gasteiger partial charge is 0.265 e. The van der Waals surface area contributed by atoms with Crippen molar-refractivity contribution in [3.63, 3.8) is 0 Å². The van der Waals surface area contributed by atoms with E-state index < -0.39 is 10.0 Å². The summed E-state index contributed by atoms with van der Waals surface area (Å²) in [5.41, 5.74) is 0.691. The zero-order valence-electron chi connectivity index (χ0n) is 11.0. The fourth-order valence-electron chi connectivity index (χ4n) is 1.82. The van der Waals surface area contributed by atoms with Gasteiger partial charge in [-0.15, -0.1) is 0 Å². The summed E-state index contributed by atoms with van der Waals surface area (Å²) in [7, 11) is -3.93. The standard InChI is InChI=1S/C13H6BrCl3N2O2S2/c14-6-1-2-10-11(3-6)22-13(18-10)19-23(20,21)12-5-8(16)7(15)4-9(12)17/h1-5H,(H,18,19). The van der Waals surface area contributed by atoms with E-state index in [4.69, 9.17) is 34.8 Å². The molecular formula is C13H6BrCl3N2O2S2. The van der Waals surface area contributed by atoms with E-state index in [1.54, 1.807) is 6.07 Å². The predicted molar refractivity (Wildman–Crippen MR) is 99.6 cm³/mol. The van der Waals surface area contributed by atoms with Crippen LogP contribution in [0.15, 0.2) is 39.7 Å². The molecule has 23 heavy (non-hydrogen) atoms. The van der Waals surface area contributed by atoms with Crippen molar-refractivity contribution >= 4 is 87.4 Å². The van der Waals surface area contributed by atoms with Crippen LogP contribution in [0.25, 0.3) is 10.2 Å². The van der Waals surface area contributed by atoms with Gasteiger partial charge in [0.25, 0.3) is 10.0 Å². The molecule has 0 atom stereocenters. The first-order valence-electron chi connectivity index (χ1n) is 6.00. The number of anilines is 1. The second kappa shape index (κ2) is 6.38. The van der Waals surface area contributed by atoms with Gasteiger partial charge < -0.3 is 0 Å². The maximum absolute atomic E-state index is 12.5. The molecule has 0 aliphatic rings. The Balaban J connectivity index is 2.01. The highest BCUT2D eigenvalue weighted by atomic mass is 79.9. The molecule has 0 saturated carbocycles. The Morgan fingerprint density at radius 2 is 1.74 bits per heavy atom. The van der Waals surface area contributed by atoms with Gasteiger partial charge in [-0.2, -0.15) is 0 Å². The van der Waals surface area contributed by atoms with E-state index >= 15 is 0 Å². The van der Waals surface area contributed by atoms with Gasteiger partial charge in [0.05, 0.1) is 25.3 Å². The molecule has 2 aromatic carbocycles. The quantitative estimate of drug-likeness (QED) is 0.489. The minimum absolute atomic E-state index is 0.0178. The molecule has 0 amide bonds. The van der Waals surface area contributed by atoms with Gasteiger partial charge in [-0.3, -0.25) is 4.72 Å². The van der Waals surface area contributed by atoms with Crippen LogP contribution in [-0.4, -0.2) is 13.4 Å². The first kappa shape index (κ1) is 17.3. The number of benzene rings is 2. The van der Waals surface area contributed by atoms with Gasteiger partial charge in [0.2, 0.25) is 0 Å². The molecule has 0 spiro atoms. The molecule has 0 fully saturated rings. The summed E-state index contributed by atoms with van der Waals surface area (Å²) >= 11 is 22.2. The van der Waals surface area contributed by atoms with Crippen LogP contribution in [0.3, 0.4) is 0 Å². The zero-order chi connectivity index (χ0) is 16.8. The Morgan fingerprint density at radius 3 is 2.48 bits per heavy atom. The number of rotatable bonds is 3. The highest BCUT2D eigenvalue weighted by Crippen LogP contribution is 2.34. The molecule has 120 valence electrons. The van der Waals surface area contributed by atoms with Gasteiger partial charge in [0.15, 0.2) is 5.13 Å². The molecule has 0 bridgehead atoms. The van der Waals surface area contributed by atoms with Crippen LogP contribution in [0.2, 0.25) is 15.1 Å². The van der Waals surface area contributed by atoms with E-state index in [0.717, 1.165) is 9.17 Å². The highest BCUT2D eigenvalue weighted by molar-refractivity contribution is 9.10. The van der Waals surface area contributed by atoms with E-state index in [9.17, 15) is 8.42 Å². The second-order valence-electron chi connectivity index (χ2n) is 4.43. The average molecular weight is 473 g/mol. The number of aromatic nitrogens is 1. The molecule has 3 rings (SSSR count). The summed E-state index contributed by atoms with van der Waals surface area (Å²) in [6.07, 6.45) is 0. The van der Waals surface area contributed by atoms with E-state index in [2.05, 4.69) is 25.6 Å². The van der Waals surface area contributed by atoms with Crippen molar-refractivity contribution < 1.29 is 8.42 Å². The topological polar surface area (TPSA) is 59.1 Å². The van der Waals surface area contributed by atoms with Gasteiger partial charge in [0, 0.05) is 4.47 Å². The minimum Gasteiger partial charge on any atom is -0.255 e. The van der Waals surface area contributed by atoms with Crippen molar-refractivity contribution in [1.29, 1.82) is 0 Å². The van der Waals surface area contributed by atoms with Crippen LogP contribution in [0, 0.1) is 0 Å². The van der Waals surface area contributed by atoms with Crippen molar-refractivity contribution in [2.24, 2.45) is 0 Å². The lowest BCUT2D eigenvalue weighted by atomic mass is 10.3. The molecule has 10 heteroatoms. The smallest absolute Gasteiger partial charge is 0.255 e. The lowest BCUT2D eigenvalue weighted by molar-refractivity contribution is 0.601. The van der Waals surface area contributed by atoms with Crippen molar-refractivity contribution in [3.05, 3.63) is 49.9 Å². The highest BCUT2D eigenvalue weighted by Gasteiger charge is 2.21. The van der Waals surface area contributed by atoms with Gasteiger partial charge in [-0.05, 0) is 30.3 Å². The third-order valence-corrected chi connectivity index (χ3v) is 6.92. The van der Waals surface area contributed by atoms with Crippen LogP contribution in [0.5, 0.6) is 0 Å². The molecule has 0 unspecified atom stereocenters. The molecular weight excluding hydrogens is 467 g/mol. The van der Waals surface area contributed by atoms with Crippen LogP contribution in [0.1, 0.15) is 0 Å². The first-order chi connectivity index (χ1) is 10.8. The zero-order valence-corrected chi connectivity index (χ0v) is 16.5. The van der Waals surface area contributed by atoms with Crippen molar-refractivity contribution in [2.75, 3.05) is 4.72 Å². The Kier molecular flexibility index (Phi) is 4.79. The lowest BCUT2D eigenvalue weighted by Gasteiger charge is -2.08. The third kappa shape index (κ3) is 3.60. The Hall–Kier alpha value is -0.570. The number of hydrogen-bond acceptors (Lipinski definition) is 4. The second-order valence-corrected chi connectivity index (χ2v) is 9.25. The van der Waals surface area contributed by atoms with Gasteiger partial charge in [0.1, 0.15) is 4.90 Å². The van der Waals surface area contributed by atoms with Crippen molar-refractivity contribution in [1.82, 2.24) is 4.98 Å². The average Bonchev–Trinajstić information content (AvgIpc) is 2.83. The molecule has 0 aliphatic heterocycles. The summed E-state index contributed by atoms with van der Waals surface area (Å²) in [6.45, 7) is 0.